The van der Waals surface area contributed by atoms with Gasteiger partial charge in [0, 0.05) is 18.0 Å². The maximum absolute atomic E-state index is 10.4. The lowest BCUT2D eigenvalue weighted by Crippen LogP contribution is -2.36. The van der Waals surface area contributed by atoms with Crippen molar-refractivity contribution in [3.63, 3.8) is 0 Å². The number of aromatic nitrogens is 3. The quantitative estimate of drug-likeness (QED) is 0.580. The van der Waals surface area contributed by atoms with E-state index >= 15 is 0 Å². The van der Waals surface area contributed by atoms with E-state index in [1.165, 1.54) is 18.1 Å². The summed E-state index contributed by atoms with van der Waals surface area (Å²) in [5.74, 6) is 2.89. The minimum atomic E-state index is -0.916. The van der Waals surface area contributed by atoms with Crippen LogP contribution in [0, 0.1) is 12.3 Å². The van der Waals surface area contributed by atoms with E-state index in [1.807, 2.05) is 6.92 Å². The highest BCUT2D eigenvalue weighted by atomic mass is 32.2. The maximum Gasteiger partial charge on any atom is 0.147 e. The summed E-state index contributed by atoms with van der Waals surface area (Å²) in [4.78, 5) is 8.23. The summed E-state index contributed by atoms with van der Waals surface area (Å²) >= 11 is 1.50. The molecule has 0 amide bonds. The third-order valence-electron chi connectivity index (χ3n) is 4.00. The van der Waals surface area contributed by atoms with Crippen LogP contribution in [0.4, 0.5) is 5.82 Å². The lowest BCUT2D eigenvalue weighted by molar-refractivity contribution is 0.0187. The Kier molecular flexibility index (Phi) is 4.46. The second-order valence-electron chi connectivity index (χ2n) is 5.41. The Labute approximate surface area is 138 Å². The number of terminal acetylenes is 1. The van der Waals surface area contributed by atoms with E-state index in [0.29, 0.717) is 29.0 Å². The summed E-state index contributed by atoms with van der Waals surface area (Å²) in [7, 11) is 0. The highest BCUT2D eigenvalue weighted by Gasteiger charge is 2.43. The Morgan fingerprint density at radius 1 is 1.43 bits per heavy atom. The number of nitrogen functional groups attached to an aromatic ring is 1. The minimum Gasteiger partial charge on any atom is -0.389 e. The van der Waals surface area contributed by atoms with E-state index < -0.39 is 12.2 Å². The van der Waals surface area contributed by atoms with Crippen LogP contribution < -0.4 is 11.1 Å². The number of fused-ring (bicyclic) bond motifs is 1. The maximum atomic E-state index is 10.4. The Bertz CT molecular complexity index is 756. The van der Waals surface area contributed by atoms with Crippen molar-refractivity contribution in [1.82, 2.24) is 19.9 Å². The molecule has 0 saturated carbocycles. The molecule has 1 aliphatic heterocycles. The Hall–Kier alpha value is -1.79. The number of hydrogen-bond donors (Lipinski definition) is 4. The first-order valence-corrected chi connectivity index (χ1v) is 8.32. The second kappa shape index (κ2) is 6.37. The van der Waals surface area contributed by atoms with E-state index in [-0.39, 0.29) is 10.6 Å². The average molecular weight is 333 g/mol. The standard InChI is InChI=1S/C15H19N5O2S/c1-3-8-6-20(14-10(8)13(16)18-7-19-14)15-12(22)11(21)9(23-15)5-17-4-2/h1,6-7,9,11-12,15,17,21-22H,4-5H2,2H3,(H2,16,18,19)/t9-,11?,12?,15-/m1/s1. The molecule has 0 aliphatic carbocycles. The number of hydrogen-bond acceptors (Lipinski definition) is 7. The van der Waals surface area contributed by atoms with E-state index in [2.05, 4.69) is 21.2 Å². The molecular formula is C15H19N5O2S. The molecule has 122 valence electrons. The van der Waals surface area contributed by atoms with Gasteiger partial charge in [0.2, 0.25) is 0 Å². The topological polar surface area (TPSA) is 109 Å². The Morgan fingerprint density at radius 3 is 2.91 bits per heavy atom. The first-order chi connectivity index (χ1) is 11.1. The second-order valence-corrected chi connectivity index (χ2v) is 6.77. The Morgan fingerprint density at radius 2 is 2.22 bits per heavy atom. The van der Waals surface area contributed by atoms with Crippen LogP contribution in [0.5, 0.6) is 0 Å². The number of aliphatic hydroxyl groups is 2. The third-order valence-corrected chi connectivity index (χ3v) is 5.58. The first kappa shape index (κ1) is 16.1. The van der Waals surface area contributed by atoms with E-state index in [1.54, 1.807) is 10.8 Å². The molecule has 4 atom stereocenters. The average Bonchev–Trinajstić information content (AvgIpc) is 3.06. The summed E-state index contributed by atoms with van der Waals surface area (Å²) in [6.45, 7) is 3.43. The predicted molar refractivity (Wildman–Crippen MR) is 90.8 cm³/mol. The number of thioether (sulfide) groups is 1. The SMILES string of the molecule is C#Cc1cn([C@@H]2S[C@H](CNCC)C(O)C2O)c2ncnc(N)c12. The molecule has 1 fully saturated rings. The van der Waals surface area contributed by atoms with Crippen LogP contribution in [0.2, 0.25) is 0 Å². The van der Waals surface area contributed by atoms with Gasteiger partial charge in [-0.3, -0.25) is 0 Å². The molecule has 3 rings (SSSR count). The zero-order valence-corrected chi connectivity index (χ0v) is 13.5. The summed E-state index contributed by atoms with van der Waals surface area (Å²) in [5.41, 5.74) is 7.06. The van der Waals surface area contributed by atoms with Gasteiger partial charge in [-0.25, -0.2) is 9.97 Å². The number of nitrogens with one attached hydrogen (secondary N) is 1. The van der Waals surface area contributed by atoms with Gasteiger partial charge in [-0.1, -0.05) is 12.8 Å². The summed E-state index contributed by atoms with van der Waals surface area (Å²) in [6, 6.07) is 0. The first-order valence-electron chi connectivity index (χ1n) is 7.38. The monoisotopic (exact) mass is 333 g/mol. The van der Waals surface area contributed by atoms with Crippen molar-refractivity contribution in [2.75, 3.05) is 18.8 Å². The van der Waals surface area contributed by atoms with Crippen LogP contribution in [-0.4, -0.2) is 55.3 Å². The van der Waals surface area contributed by atoms with Crippen LogP contribution in [0.3, 0.4) is 0 Å². The molecule has 0 spiro atoms. The molecule has 8 heteroatoms. The molecule has 23 heavy (non-hydrogen) atoms. The van der Waals surface area contributed by atoms with Gasteiger partial charge >= 0.3 is 0 Å². The third kappa shape index (κ3) is 2.66. The smallest absolute Gasteiger partial charge is 0.147 e. The van der Waals surface area contributed by atoms with E-state index in [4.69, 9.17) is 12.2 Å². The predicted octanol–water partition coefficient (Wildman–Crippen LogP) is -0.0599. The molecule has 3 heterocycles. The van der Waals surface area contributed by atoms with E-state index in [0.717, 1.165) is 6.54 Å². The van der Waals surface area contributed by atoms with Crippen LogP contribution in [-0.2, 0) is 0 Å². The van der Waals surface area contributed by atoms with Crippen molar-refractivity contribution < 1.29 is 10.2 Å². The number of nitrogens with zero attached hydrogens (tertiary/aromatic N) is 3. The van der Waals surface area contributed by atoms with Crippen molar-refractivity contribution in [2.24, 2.45) is 0 Å². The molecule has 0 aromatic carbocycles. The van der Waals surface area contributed by atoms with Gasteiger partial charge in [-0.15, -0.1) is 18.2 Å². The highest BCUT2D eigenvalue weighted by molar-refractivity contribution is 8.00. The lowest BCUT2D eigenvalue weighted by atomic mass is 10.1. The molecule has 0 bridgehead atoms. The van der Waals surface area contributed by atoms with Gasteiger partial charge in [0.15, 0.2) is 0 Å². The van der Waals surface area contributed by atoms with Gasteiger partial charge < -0.3 is 25.8 Å². The number of aliphatic hydroxyl groups excluding tert-OH is 2. The zero-order valence-electron chi connectivity index (χ0n) is 12.7. The lowest BCUT2D eigenvalue weighted by Gasteiger charge is -2.17. The van der Waals surface area contributed by atoms with Gasteiger partial charge in [0.05, 0.1) is 17.1 Å². The zero-order chi connectivity index (χ0) is 16.6. The van der Waals surface area contributed by atoms with Crippen LogP contribution >= 0.6 is 11.8 Å². The molecule has 2 aromatic heterocycles. The fourth-order valence-electron chi connectivity index (χ4n) is 2.83. The summed E-state index contributed by atoms with van der Waals surface area (Å²) in [6.07, 6.45) is 6.91. The number of nitrogens with two attached hydrogens (primary N) is 1. The molecule has 0 radical (unpaired) electrons. The van der Waals surface area contributed by atoms with Crippen molar-refractivity contribution >= 4 is 28.6 Å². The highest BCUT2D eigenvalue weighted by Crippen LogP contribution is 2.43. The van der Waals surface area contributed by atoms with Crippen molar-refractivity contribution in [3.05, 3.63) is 18.1 Å². The van der Waals surface area contributed by atoms with Crippen molar-refractivity contribution in [3.8, 4) is 12.3 Å². The fraction of sp³-hybridized carbons (Fsp3) is 0.467. The minimum absolute atomic E-state index is 0.110. The molecule has 1 aliphatic rings. The van der Waals surface area contributed by atoms with Gasteiger partial charge in [-0.2, -0.15) is 0 Å². The van der Waals surface area contributed by atoms with Crippen molar-refractivity contribution in [2.45, 2.75) is 29.8 Å². The summed E-state index contributed by atoms with van der Waals surface area (Å²) in [5, 5.41) is 24.0. The van der Waals surface area contributed by atoms with Crippen molar-refractivity contribution in [1.29, 1.82) is 0 Å². The molecule has 2 unspecified atom stereocenters. The molecular weight excluding hydrogens is 314 g/mol. The van der Waals surface area contributed by atoms with Crippen LogP contribution in [0.25, 0.3) is 11.0 Å². The van der Waals surface area contributed by atoms with Gasteiger partial charge in [0.25, 0.3) is 0 Å². The summed E-state index contributed by atoms with van der Waals surface area (Å²) < 4.78 is 1.78. The molecule has 5 N–H and O–H groups in total. The fourth-order valence-corrected chi connectivity index (χ4v) is 4.33. The largest absolute Gasteiger partial charge is 0.389 e. The van der Waals surface area contributed by atoms with Gasteiger partial charge in [-0.05, 0) is 6.54 Å². The Balaban J connectivity index is 2.01. The molecule has 2 aromatic rings. The normalized spacial score (nSPS) is 27.4. The van der Waals surface area contributed by atoms with E-state index in [9.17, 15) is 10.2 Å². The van der Waals surface area contributed by atoms with Crippen LogP contribution in [0.15, 0.2) is 12.5 Å². The number of rotatable bonds is 4. The number of anilines is 1. The van der Waals surface area contributed by atoms with Gasteiger partial charge in [0.1, 0.15) is 29.3 Å². The van der Waals surface area contributed by atoms with Crippen LogP contribution in [0.1, 0.15) is 17.9 Å². The molecule has 1 saturated heterocycles. The molecule has 7 nitrogen and oxygen atoms in total.